The minimum Gasteiger partial charge on any atom is -0.474 e. The van der Waals surface area contributed by atoms with Gasteiger partial charge in [-0.15, -0.1) is 0 Å². The Morgan fingerprint density at radius 2 is 1.68 bits per heavy atom. The average Bonchev–Trinajstić information content (AvgIpc) is 3.34. The van der Waals surface area contributed by atoms with Crippen LogP contribution in [0.25, 0.3) is 0 Å². The van der Waals surface area contributed by atoms with Crippen molar-refractivity contribution >= 4 is 29.8 Å². The Bertz CT molecular complexity index is 1090. The molecule has 3 atom stereocenters. The molecule has 0 spiro atoms. The highest BCUT2D eigenvalue weighted by Crippen LogP contribution is 2.27. The number of hydrogen-bond acceptors (Lipinski definition) is 6. The fraction of sp³-hybridized carbons (Fsp3) is 0.633. The van der Waals surface area contributed by atoms with E-state index in [0.29, 0.717) is 25.8 Å². The van der Waals surface area contributed by atoms with Gasteiger partial charge in [-0.25, -0.2) is 9.59 Å². The van der Waals surface area contributed by atoms with E-state index in [1.165, 1.54) is 16.8 Å². The zero-order valence-electron chi connectivity index (χ0n) is 25.6. The zero-order valence-corrected chi connectivity index (χ0v) is 25.6. The number of aliphatic carboxylic acids is 1. The van der Waals surface area contributed by atoms with E-state index in [2.05, 4.69) is 5.32 Å². The summed E-state index contributed by atoms with van der Waals surface area (Å²) in [5, 5.41) is 12.3. The van der Waals surface area contributed by atoms with Crippen molar-refractivity contribution in [2.24, 2.45) is 5.41 Å². The van der Waals surface area contributed by atoms with Crippen LogP contribution in [0.1, 0.15) is 66.9 Å². The van der Waals surface area contributed by atoms with Crippen molar-refractivity contribution in [1.29, 1.82) is 0 Å². The summed E-state index contributed by atoms with van der Waals surface area (Å²) in [6.45, 7) is 13.0. The van der Waals surface area contributed by atoms with Gasteiger partial charge in [0.1, 0.15) is 17.7 Å². The minimum absolute atomic E-state index is 0.0757. The van der Waals surface area contributed by atoms with Crippen molar-refractivity contribution in [2.45, 2.75) is 91.5 Å². The number of carbonyl (C=O) groups is 5. The molecule has 0 aromatic heterocycles. The first-order valence-corrected chi connectivity index (χ1v) is 14.0. The number of carbonyl (C=O) groups excluding carboxylic acids is 4. The normalized spacial score (nSPS) is 16.9. The largest absolute Gasteiger partial charge is 0.474 e. The van der Waals surface area contributed by atoms with E-state index < -0.39 is 53.0 Å². The summed E-state index contributed by atoms with van der Waals surface area (Å²) in [4.78, 5) is 67.9. The molecule has 1 aliphatic rings. The van der Waals surface area contributed by atoms with Crippen LogP contribution in [0.4, 0.5) is 4.79 Å². The molecule has 0 unspecified atom stereocenters. The van der Waals surface area contributed by atoms with E-state index in [1.54, 1.807) is 32.6 Å². The quantitative estimate of drug-likeness (QED) is 0.433. The molecule has 1 fully saturated rings. The second-order valence-electron chi connectivity index (χ2n) is 12.7. The fourth-order valence-corrected chi connectivity index (χ4v) is 4.64. The van der Waals surface area contributed by atoms with Crippen molar-refractivity contribution in [2.75, 3.05) is 26.7 Å². The number of carboxylic acid groups (broad SMARTS) is 1. The summed E-state index contributed by atoms with van der Waals surface area (Å²) in [7, 11) is 1.46. The van der Waals surface area contributed by atoms with Gasteiger partial charge in [-0.2, -0.15) is 0 Å². The first-order valence-electron chi connectivity index (χ1n) is 14.0. The molecule has 0 bridgehead atoms. The molecule has 1 saturated heterocycles. The lowest BCUT2D eigenvalue weighted by atomic mass is 9.85. The highest BCUT2D eigenvalue weighted by molar-refractivity contribution is 6.31. The first kappa shape index (κ1) is 33.6. The van der Waals surface area contributed by atoms with Crippen molar-refractivity contribution < 1.29 is 33.8 Å². The van der Waals surface area contributed by atoms with Crippen LogP contribution in [0.15, 0.2) is 30.3 Å². The summed E-state index contributed by atoms with van der Waals surface area (Å²) < 4.78 is 5.36. The van der Waals surface area contributed by atoms with Gasteiger partial charge >= 0.3 is 18.0 Å². The van der Waals surface area contributed by atoms with Gasteiger partial charge in [0.25, 0.3) is 0 Å². The molecule has 11 nitrogen and oxygen atoms in total. The van der Waals surface area contributed by atoms with Crippen LogP contribution in [-0.2, 0) is 30.3 Å². The molecule has 1 heterocycles. The van der Waals surface area contributed by atoms with Crippen LogP contribution in [-0.4, -0.2) is 100.0 Å². The maximum Gasteiger partial charge on any atom is 0.410 e. The van der Waals surface area contributed by atoms with Crippen LogP contribution in [0.3, 0.4) is 0 Å². The molecule has 2 rings (SSSR count). The maximum atomic E-state index is 13.9. The van der Waals surface area contributed by atoms with Crippen LogP contribution in [0, 0.1) is 5.41 Å². The number of rotatable bonds is 9. The first-order chi connectivity index (χ1) is 18.9. The third-order valence-electron chi connectivity index (χ3n) is 7.12. The number of carboxylic acids is 1. The van der Waals surface area contributed by atoms with Crippen LogP contribution >= 0.6 is 0 Å². The Labute approximate surface area is 243 Å². The standard InChI is InChI=1S/C30H46N4O7/c1-20(32(8)28(40)41-30(5,6)7)24(35)31-23(29(2,3)4)25(36)34-17-12-15-22(34)19-33(26(37)27(38)39)18-16-21-13-10-9-11-14-21/h9-11,13-14,20,22-23H,12,15-19H2,1-8H3,(H,31,35)(H,38,39)/t20-,22-,23+/m0/s1. The van der Waals surface area contributed by atoms with Gasteiger partial charge in [-0.05, 0) is 57.9 Å². The molecule has 11 heteroatoms. The predicted molar refractivity (Wildman–Crippen MR) is 154 cm³/mol. The van der Waals surface area contributed by atoms with Gasteiger partial charge in [-0.3, -0.25) is 19.3 Å². The van der Waals surface area contributed by atoms with Crippen LogP contribution in [0.2, 0.25) is 0 Å². The van der Waals surface area contributed by atoms with Crippen LogP contribution in [0.5, 0.6) is 0 Å². The Morgan fingerprint density at radius 3 is 2.22 bits per heavy atom. The van der Waals surface area contributed by atoms with Gasteiger partial charge in [0, 0.05) is 32.7 Å². The van der Waals surface area contributed by atoms with Gasteiger partial charge in [0.15, 0.2) is 0 Å². The molecule has 1 aromatic carbocycles. The average molecular weight is 575 g/mol. The minimum atomic E-state index is -1.54. The molecular formula is C30H46N4O7. The summed E-state index contributed by atoms with van der Waals surface area (Å²) in [5.41, 5.74) is -0.433. The molecule has 0 saturated carbocycles. The van der Waals surface area contributed by atoms with Gasteiger partial charge < -0.3 is 25.0 Å². The number of hydrogen-bond donors (Lipinski definition) is 2. The highest BCUT2D eigenvalue weighted by Gasteiger charge is 2.41. The van der Waals surface area contributed by atoms with Crippen LogP contribution < -0.4 is 5.32 Å². The topological polar surface area (TPSA) is 137 Å². The number of benzene rings is 1. The lowest BCUT2D eigenvalue weighted by Crippen LogP contribution is -2.60. The lowest BCUT2D eigenvalue weighted by Gasteiger charge is -2.38. The number of amides is 4. The highest BCUT2D eigenvalue weighted by atomic mass is 16.6. The van der Waals surface area contributed by atoms with E-state index in [0.717, 1.165) is 5.56 Å². The predicted octanol–water partition coefficient (Wildman–Crippen LogP) is 2.92. The SMILES string of the molecule is C[C@@H](C(=O)N[C@H](C(=O)N1CCC[C@H]1CN(CCc1ccccc1)C(=O)C(=O)O)C(C)(C)C)N(C)C(=O)OC(C)(C)C. The fourth-order valence-electron chi connectivity index (χ4n) is 4.64. The second-order valence-corrected chi connectivity index (χ2v) is 12.7. The second kappa shape index (κ2) is 13.8. The molecule has 2 N–H and O–H groups in total. The van der Waals surface area contributed by atoms with Crippen molar-refractivity contribution in [3.8, 4) is 0 Å². The summed E-state index contributed by atoms with van der Waals surface area (Å²) >= 11 is 0. The molecule has 1 aliphatic heterocycles. The number of likely N-dealkylation sites (N-methyl/N-ethyl adjacent to an activating group) is 1. The van der Waals surface area contributed by atoms with Crippen molar-refractivity contribution in [3.05, 3.63) is 35.9 Å². The summed E-state index contributed by atoms with van der Waals surface area (Å²) in [6, 6.07) is 7.24. The van der Waals surface area contributed by atoms with Crippen molar-refractivity contribution in [1.82, 2.24) is 20.0 Å². The third-order valence-corrected chi connectivity index (χ3v) is 7.12. The summed E-state index contributed by atoms with van der Waals surface area (Å²) in [5.74, 6) is -3.38. The number of ether oxygens (including phenoxy) is 1. The Hall–Kier alpha value is -3.63. The van der Waals surface area contributed by atoms with E-state index >= 15 is 0 Å². The van der Waals surface area contributed by atoms with E-state index in [9.17, 15) is 29.1 Å². The van der Waals surface area contributed by atoms with Gasteiger partial charge in [0.2, 0.25) is 11.8 Å². The number of likely N-dealkylation sites (tertiary alicyclic amines) is 1. The lowest BCUT2D eigenvalue weighted by molar-refractivity contribution is -0.156. The molecular weight excluding hydrogens is 528 g/mol. The molecule has 0 radical (unpaired) electrons. The third kappa shape index (κ3) is 9.75. The molecule has 41 heavy (non-hydrogen) atoms. The monoisotopic (exact) mass is 574 g/mol. The zero-order chi connectivity index (χ0) is 31.1. The number of nitrogens with one attached hydrogen (secondary N) is 1. The molecule has 1 aromatic rings. The van der Waals surface area contributed by atoms with E-state index in [-0.39, 0.29) is 19.0 Å². The Kier molecular flexibility index (Phi) is 11.3. The van der Waals surface area contributed by atoms with E-state index in [4.69, 9.17) is 4.74 Å². The summed E-state index contributed by atoms with van der Waals surface area (Å²) in [6.07, 6.45) is 1.11. The van der Waals surface area contributed by atoms with Crippen molar-refractivity contribution in [3.63, 3.8) is 0 Å². The molecule has 228 valence electrons. The Morgan fingerprint density at radius 1 is 1.07 bits per heavy atom. The van der Waals surface area contributed by atoms with Gasteiger partial charge in [0.05, 0.1) is 0 Å². The Balaban J connectivity index is 2.19. The van der Waals surface area contributed by atoms with Gasteiger partial charge in [-0.1, -0.05) is 51.1 Å². The number of nitrogens with zero attached hydrogens (tertiary/aromatic N) is 3. The smallest absolute Gasteiger partial charge is 0.410 e. The molecule has 0 aliphatic carbocycles. The molecule has 4 amide bonds. The van der Waals surface area contributed by atoms with E-state index in [1.807, 2.05) is 51.1 Å². The maximum absolute atomic E-state index is 13.9.